The molecule has 0 saturated heterocycles. The molecular weight excluding hydrogens is 442 g/mol. The van der Waals surface area contributed by atoms with E-state index in [2.05, 4.69) is 30.8 Å². The number of hydrogen-bond acceptors (Lipinski definition) is 9. The Morgan fingerprint density at radius 2 is 1.50 bits per heavy atom. The van der Waals surface area contributed by atoms with Gasteiger partial charge < -0.3 is 35.7 Å². The number of amides is 2. The van der Waals surface area contributed by atoms with Gasteiger partial charge in [0.25, 0.3) is 0 Å². The first-order chi connectivity index (χ1) is 12.8. The second-order valence-electron chi connectivity index (χ2n) is 4.49. The second-order valence-corrected chi connectivity index (χ2v) is 5.90. The van der Waals surface area contributed by atoms with Gasteiger partial charge in [0.05, 0.1) is 27.5 Å². The van der Waals surface area contributed by atoms with E-state index < -0.39 is 45.2 Å². The van der Waals surface area contributed by atoms with Gasteiger partial charge in [-0.1, -0.05) is 25.8 Å². The van der Waals surface area contributed by atoms with E-state index in [9.17, 15) is 32.8 Å². The minimum absolute atomic E-state index is 0. The van der Waals surface area contributed by atoms with E-state index >= 15 is 0 Å². The third-order valence-electron chi connectivity index (χ3n) is 2.38. The van der Waals surface area contributed by atoms with Gasteiger partial charge in [-0.15, -0.1) is 0 Å². The van der Waals surface area contributed by atoms with Gasteiger partial charge in [-0.2, -0.15) is 0 Å². The van der Waals surface area contributed by atoms with Crippen LogP contribution in [-0.2, 0) is 30.3 Å². The van der Waals surface area contributed by atoms with Gasteiger partial charge in [-0.25, -0.2) is 8.42 Å². The van der Waals surface area contributed by atoms with Crippen molar-refractivity contribution >= 4 is 33.6 Å². The van der Waals surface area contributed by atoms with Crippen molar-refractivity contribution in [3.05, 3.63) is 55.7 Å². The molecule has 0 aliphatic rings. The van der Waals surface area contributed by atoms with E-state index in [0.29, 0.717) is 0 Å². The maximum absolute atomic E-state index is 11.1. The van der Waals surface area contributed by atoms with Crippen molar-refractivity contribution in [1.82, 2.24) is 0 Å². The van der Waals surface area contributed by atoms with E-state index in [-0.39, 0.29) is 70.4 Å². The number of aliphatic carboxylic acids is 1. The molecule has 11 nitrogen and oxygen atoms in total. The SMILES string of the molecule is C=CC(=O)Nc1c(CS(=O)(=O)[O-])ccc(O)c1O.C=CC(=O)[O-].C=CC(N)=O.[Na+].[Na+]. The topological polar surface area (TPSA) is 210 Å². The van der Waals surface area contributed by atoms with Gasteiger partial charge in [0.15, 0.2) is 11.5 Å². The zero-order valence-electron chi connectivity index (χ0n) is 16.5. The average molecular weight is 460 g/mol. The number of carboxylic acids is 1. The molecular formula is C16H18N2Na2O9S. The first-order valence-corrected chi connectivity index (χ1v) is 8.52. The van der Waals surface area contributed by atoms with Crippen LogP contribution >= 0.6 is 0 Å². The number of phenols is 2. The minimum atomic E-state index is -4.59. The Morgan fingerprint density at radius 3 is 1.80 bits per heavy atom. The molecule has 154 valence electrons. The van der Waals surface area contributed by atoms with Crippen LogP contribution in [0.15, 0.2) is 50.1 Å². The normalized spacial score (nSPS) is 8.70. The fraction of sp³-hybridized carbons (Fsp3) is 0.0625. The van der Waals surface area contributed by atoms with Crippen LogP contribution in [0, 0.1) is 0 Å². The Hall–Kier alpha value is -1.64. The van der Waals surface area contributed by atoms with E-state index in [1.807, 2.05) is 0 Å². The molecule has 0 spiro atoms. The summed E-state index contributed by atoms with van der Waals surface area (Å²) in [7, 11) is -4.59. The number of benzene rings is 1. The summed E-state index contributed by atoms with van der Waals surface area (Å²) in [5.74, 6) is -4.63. The summed E-state index contributed by atoms with van der Waals surface area (Å²) in [5.41, 5.74) is 4.07. The van der Waals surface area contributed by atoms with Crippen LogP contribution in [0.4, 0.5) is 5.69 Å². The molecule has 2 amide bonds. The molecule has 1 aromatic carbocycles. The van der Waals surface area contributed by atoms with Gasteiger partial charge in [-0.3, -0.25) is 9.59 Å². The number of primary amides is 1. The molecule has 1 rings (SSSR count). The number of carboxylic acid groups (broad SMARTS) is 1. The Labute approximate surface area is 217 Å². The standard InChI is InChI=1S/C10H11NO6S.C3H5NO.C3H4O2.2Na/c1-2-8(13)11-9-6(5-18(15,16)17)3-4-7(12)10(9)14;2*1-2-3(4)5;;/h2-4,12,14H,1,5H2,(H,11,13)(H,15,16,17);2H,1H2,(H2,4,5);2H,1H2,(H,4,5);;/q;;;2*+1/p-2. The number of carbonyl (C=O) groups excluding carboxylic acids is 3. The zero-order valence-corrected chi connectivity index (χ0v) is 21.3. The zero-order chi connectivity index (χ0) is 22.5. The summed E-state index contributed by atoms with van der Waals surface area (Å²) in [6.45, 7) is 9.16. The average Bonchev–Trinajstić information content (AvgIpc) is 2.60. The van der Waals surface area contributed by atoms with Crippen LogP contribution in [0.2, 0.25) is 0 Å². The first-order valence-electron chi connectivity index (χ1n) is 6.95. The van der Waals surface area contributed by atoms with Crippen molar-refractivity contribution in [3.8, 4) is 11.5 Å². The quantitative estimate of drug-likeness (QED) is 0.137. The van der Waals surface area contributed by atoms with Crippen LogP contribution in [0.25, 0.3) is 0 Å². The molecule has 1 aromatic rings. The molecule has 14 heteroatoms. The maximum atomic E-state index is 11.1. The molecule has 30 heavy (non-hydrogen) atoms. The number of aromatic hydroxyl groups is 2. The van der Waals surface area contributed by atoms with Crippen molar-refractivity contribution < 1.29 is 102 Å². The van der Waals surface area contributed by atoms with Gasteiger partial charge >= 0.3 is 59.1 Å². The monoisotopic (exact) mass is 460 g/mol. The molecule has 0 aliphatic heterocycles. The molecule has 0 bridgehead atoms. The third kappa shape index (κ3) is 18.4. The summed E-state index contributed by atoms with van der Waals surface area (Å²) in [4.78, 5) is 29.7. The Morgan fingerprint density at radius 1 is 1.07 bits per heavy atom. The summed E-state index contributed by atoms with van der Waals surface area (Å²) >= 11 is 0. The maximum Gasteiger partial charge on any atom is 1.00 e. The predicted octanol–water partition coefficient (Wildman–Crippen LogP) is -7.14. The van der Waals surface area contributed by atoms with Crippen LogP contribution in [0.1, 0.15) is 5.56 Å². The van der Waals surface area contributed by atoms with E-state index in [4.69, 9.17) is 9.90 Å². The van der Waals surface area contributed by atoms with Crippen molar-refractivity contribution in [2.45, 2.75) is 5.75 Å². The van der Waals surface area contributed by atoms with Crippen molar-refractivity contribution in [1.29, 1.82) is 0 Å². The molecule has 0 saturated carbocycles. The van der Waals surface area contributed by atoms with E-state index in [1.54, 1.807) is 0 Å². The number of nitrogens with one attached hydrogen (secondary N) is 1. The number of carbonyl (C=O) groups is 3. The number of nitrogens with two attached hydrogens (primary N) is 1. The summed E-state index contributed by atoms with van der Waals surface area (Å²) in [5, 5.41) is 30.0. The predicted molar refractivity (Wildman–Crippen MR) is 96.6 cm³/mol. The molecule has 0 aliphatic carbocycles. The van der Waals surface area contributed by atoms with Crippen molar-refractivity contribution in [2.75, 3.05) is 5.32 Å². The van der Waals surface area contributed by atoms with Gasteiger partial charge in [0, 0.05) is 0 Å². The Bertz CT molecular complexity index is 854. The molecule has 0 heterocycles. The molecule has 0 unspecified atom stereocenters. The molecule has 0 atom stereocenters. The largest absolute Gasteiger partial charge is 1.00 e. The van der Waals surface area contributed by atoms with Gasteiger partial charge in [0.2, 0.25) is 11.8 Å². The Kier molecular flexibility index (Phi) is 21.6. The van der Waals surface area contributed by atoms with Crippen molar-refractivity contribution in [2.24, 2.45) is 5.73 Å². The third-order valence-corrected chi connectivity index (χ3v) is 3.04. The second kappa shape index (κ2) is 18.2. The van der Waals surface area contributed by atoms with E-state index in [1.165, 1.54) is 0 Å². The fourth-order valence-corrected chi connectivity index (χ4v) is 1.87. The molecule has 5 N–H and O–H groups in total. The van der Waals surface area contributed by atoms with Crippen LogP contribution < -0.4 is 75.3 Å². The van der Waals surface area contributed by atoms with Crippen molar-refractivity contribution in [3.63, 3.8) is 0 Å². The van der Waals surface area contributed by atoms with Crippen LogP contribution in [0.3, 0.4) is 0 Å². The van der Waals surface area contributed by atoms with Crippen LogP contribution in [0.5, 0.6) is 11.5 Å². The van der Waals surface area contributed by atoms with E-state index in [0.717, 1.165) is 30.4 Å². The summed E-state index contributed by atoms with van der Waals surface area (Å²) in [6, 6.07) is 2.13. The van der Waals surface area contributed by atoms with Gasteiger partial charge in [0.1, 0.15) is 0 Å². The molecule has 0 fully saturated rings. The van der Waals surface area contributed by atoms with Gasteiger partial charge in [-0.05, 0) is 29.9 Å². The minimum Gasteiger partial charge on any atom is -0.748 e. The first kappa shape index (κ1) is 35.8. The number of anilines is 1. The Balaban J connectivity index is -0.000000237. The number of hydrogen-bond donors (Lipinski definition) is 4. The molecule has 0 aromatic heterocycles. The summed E-state index contributed by atoms with van der Waals surface area (Å²) < 4.78 is 32.0. The summed E-state index contributed by atoms with van der Waals surface area (Å²) in [6.07, 6.45) is 2.67. The number of rotatable bonds is 6. The van der Waals surface area contributed by atoms with Crippen LogP contribution in [-0.4, -0.2) is 41.0 Å². The fourth-order valence-electron chi connectivity index (χ4n) is 1.25. The number of phenolic OH excluding ortho intramolecular Hbond substituents is 2. The smallest absolute Gasteiger partial charge is 0.748 e. The molecule has 0 radical (unpaired) electrons.